The minimum absolute atomic E-state index is 0.0473. The zero-order valence-electron chi connectivity index (χ0n) is 10.3. The molecule has 0 atom stereocenters. The molecule has 0 heterocycles. The van der Waals surface area contributed by atoms with Gasteiger partial charge in [-0.1, -0.05) is 41.4 Å². The maximum atomic E-state index is 13.0. The lowest BCUT2D eigenvalue weighted by atomic mass is 10.2. The summed E-state index contributed by atoms with van der Waals surface area (Å²) in [5, 5.41) is 5.74. The second-order valence-electron chi connectivity index (χ2n) is 4.03. The Kier molecular flexibility index (Phi) is 4.82. The summed E-state index contributed by atoms with van der Waals surface area (Å²) in [6.07, 6.45) is 0. The maximum absolute atomic E-state index is 13.0. The number of amides is 2. The van der Waals surface area contributed by atoms with E-state index in [1.807, 2.05) is 18.2 Å². The molecule has 2 amide bonds. The Morgan fingerprint density at radius 2 is 1.85 bits per heavy atom. The molecule has 0 saturated carbocycles. The third-order valence-corrected chi connectivity index (χ3v) is 3.23. The number of nitrogens with one attached hydrogen (secondary N) is 2. The van der Waals surface area contributed by atoms with Crippen LogP contribution in [0.4, 0.5) is 14.9 Å². The van der Waals surface area contributed by atoms with Gasteiger partial charge in [0.2, 0.25) is 0 Å². The summed E-state index contributed by atoms with van der Waals surface area (Å²) in [7, 11) is 0. The Morgan fingerprint density at radius 3 is 2.55 bits per heavy atom. The van der Waals surface area contributed by atoms with Crippen LogP contribution >= 0.6 is 23.2 Å². The first-order valence-electron chi connectivity index (χ1n) is 5.79. The first kappa shape index (κ1) is 14.6. The van der Waals surface area contributed by atoms with Crippen molar-refractivity contribution in [3.8, 4) is 0 Å². The fraction of sp³-hybridized carbons (Fsp3) is 0.0714. The SMILES string of the molecule is O=C(NCc1ccccc1Cl)Nc1ccc(F)c(Cl)c1. The molecule has 6 heteroatoms. The molecule has 2 rings (SSSR count). The van der Waals surface area contributed by atoms with Crippen LogP contribution in [0.3, 0.4) is 0 Å². The summed E-state index contributed by atoms with van der Waals surface area (Å²) in [4.78, 5) is 11.7. The molecule has 0 aliphatic carbocycles. The molecule has 2 N–H and O–H groups in total. The van der Waals surface area contributed by atoms with Crippen LogP contribution in [0.2, 0.25) is 10.0 Å². The molecule has 104 valence electrons. The molecule has 20 heavy (non-hydrogen) atoms. The molecule has 0 saturated heterocycles. The van der Waals surface area contributed by atoms with E-state index in [0.29, 0.717) is 17.3 Å². The van der Waals surface area contributed by atoms with Crippen molar-refractivity contribution in [1.29, 1.82) is 0 Å². The van der Waals surface area contributed by atoms with E-state index in [9.17, 15) is 9.18 Å². The lowest BCUT2D eigenvalue weighted by molar-refractivity contribution is 0.251. The standard InChI is InChI=1S/C14H11Cl2FN2O/c15-11-4-2-1-3-9(11)8-18-14(20)19-10-5-6-13(17)12(16)7-10/h1-7H,8H2,(H2,18,19,20). The summed E-state index contributed by atoms with van der Waals surface area (Å²) >= 11 is 11.6. The van der Waals surface area contributed by atoms with E-state index in [0.717, 1.165) is 5.56 Å². The van der Waals surface area contributed by atoms with Crippen molar-refractivity contribution in [3.05, 3.63) is 63.9 Å². The Morgan fingerprint density at radius 1 is 1.10 bits per heavy atom. The summed E-state index contributed by atoms with van der Waals surface area (Å²) in [5.74, 6) is -0.534. The quantitative estimate of drug-likeness (QED) is 0.863. The molecule has 0 aliphatic rings. The highest BCUT2D eigenvalue weighted by Gasteiger charge is 2.06. The van der Waals surface area contributed by atoms with Crippen LogP contribution in [0.25, 0.3) is 0 Å². The third-order valence-electron chi connectivity index (χ3n) is 2.57. The van der Waals surface area contributed by atoms with Gasteiger partial charge in [0.15, 0.2) is 0 Å². The Labute approximate surface area is 125 Å². The minimum Gasteiger partial charge on any atom is -0.334 e. The second-order valence-corrected chi connectivity index (χ2v) is 4.84. The average Bonchev–Trinajstić information content (AvgIpc) is 2.42. The monoisotopic (exact) mass is 312 g/mol. The average molecular weight is 313 g/mol. The second kappa shape index (κ2) is 6.59. The lowest BCUT2D eigenvalue weighted by Gasteiger charge is -2.09. The van der Waals surface area contributed by atoms with Crippen molar-refractivity contribution in [2.45, 2.75) is 6.54 Å². The van der Waals surface area contributed by atoms with Crippen molar-refractivity contribution in [3.63, 3.8) is 0 Å². The number of urea groups is 1. The molecule has 2 aromatic rings. The molecule has 0 fully saturated rings. The molecule has 3 nitrogen and oxygen atoms in total. The molecule has 0 aliphatic heterocycles. The number of carbonyl (C=O) groups is 1. The summed E-state index contributed by atoms with van der Waals surface area (Å²) < 4.78 is 13.0. The predicted molar refractivity (Wildman–Crippen MR) is 78.7 cm³/mol. The first-order chi connectivity index (χ1) is 9.56. The zero-order valence-corrected chi connectivity index (χ0v) is 11.8. The van der Waals surface area contributed by atoms with E-state index in [4.69, 9.17) is 23.2 Å². The van der Waals surface area contributed by atoms with Crippen LogP contribution < -0.4 is 10.6 Å². The van der Waals surface area contributed by atoms with Gasteiger partial charge in [0, 0.05) is 17.3 Å². The fourth-order valence-electron chi connectivity index (χ4n) is 1.57. The van der Waals surface area contributed by atoms with E-state index in [1.165, 1.54) is 18.2 Å². The minimum atomic E-state index is -0.534. The number of hydrogen-bond donors (Lipinski definition) is 2. The van der Waals surface area contributed by atoms with Gasteiger partial charge in [0.05, 0.1) is 5.02 Å². The topological polar surface area (TPSA) is 41.1 Å². The van der Waals surface area contributed by atoms with Crippen LogP contribution in [-0.4, -0.2) is 6.03 Å². The predicted octanol–water partition coefficient (Wildman–Crippen LogP) is 4.45. The highest BCUT2D eigenvalue weighted by atomic mass is 35.5. The third kappa shape index (κ3) is 3.85. The molecule has 0 radical (unpaired) electrons. The van der Waals surface area contributed by atoms with Crippen LogP contribution in [0, 0.1) is 5.82 Å². The van der Waals surface area contributed by atoms with Crippen LogP contribution in [0.5, 0.6) is 0 Å². The molecule has 0 bridgehead atoms. The fourth-order valence-corrected chi connectivity index (χ4v) is 1.95. The normalized spacial score (nSPS) is 10.2. The van der Waals surface area contributed by atoms with Gasteiger partial charge in [-0.05, 0) is 29.8 Å². The molecule has 0 aromatic heterocycles. The lowest BCUT2D eigenvalue weighted by Crippen LogP contribution is -2.28. The summed E-state index contributed by atoms with van der Waals surface area (Å²) in [5.41, 5.74) is 1.22. The van der Waals surface area contributed by atoms with Crippen molar-refractivity contribution < 1.29 is 9.18 Å². The number of carbonyl (C=O) groups excluding carboxylic acids is 1. The van der Waals surface area contributed by atoms with Crippen LogP contribution in [0.1, 0.15) is 5.56 Å². The van der Waals surface area contributed by atoms with Gasteiger partial charge in [-0.3, -0.25) is 0 Å². The van der Waals surface area contributed by atoms with Crippen molar-refractivity contribution in [2.24, 2.45) is 0 Å². The van der Waals surface area contributed by atoms with E-state index in [-0.39, 0.29) is 5.02 Å². The van der Waals surface area contributed by atoms with Gasteiger partial charge in [-0.15, -0.1) is 0 Å². The van der Waals surface area contributed by atoms with Crippen molar-refractivity contribution in [1.82, 2.24) is 5.32 Å². The Hall–Kier alpha value is -1.78. The number of rotatable bonds is 3. The van der Waals surface area contributed by atoms with Crippen molar-refractivity contribution in [2.75, 3.05) is 5.32 Å². The summed E-state index contributed by atoms with van der Waals surface area (Å²) in [6, 6.07) is 10.7. The van der Waals surface area contributed by atoms with Crippen molar-refractivity contribution >= 4 is 34.9 Å². The smallest absolute Gasteiger partial charge is 0.319 e. The maximum Gasteiger partial charge on any atom is 0.319 e. The number of benzene rings is 2. The first-order valence-corrected chi connectivity index (χ1v) is 6.55. The molecular weight excluding hydrogens is 302 g/mol. The van der Waals surface area contributed by atoms with E-state index in [1.54, 1.807) is 6.07 Å². The van der Waals surface area contributed by atoms with E-state index in [2.05, 4.69) is 10.6 Å². The summed E-state index contributed by atoms with van der Waals surface area (Å²) in [6.45, 7) is 0.292. The Balaban J connectivity index is 1.93. The van der Waals surface area contributed by atoms with Gasteiger partial charge in [0.25, 0.3) is 0 Å². The van der Waals surface area contributed by atoms with Gasteiger partial charge in [0.1, 0.15) is 5.82 Å². The van der Waals surface area contributed by atoms with Crippen LogP contribution in [-0.2, 0) is 6.54 Å². The van der Waals surface area contributed by atoms with Gasteiger partial charge in [-0.2, -0.15) is 0 Å². The van der Waals surface area contributed by atoms with Crippen LogP contribution in [0.15, 0.2) is 42.5 Å². The van der Waals surface area contributed by atoms with E-state index >= 15 is 0 Å². The van der Waals surface area contributed by atoms with Gasteiger partial charge < -0.3 is 10.6 Å². The molecular formula is C14H11Cl2FN2O. The highest BCUT2D eigenvalue weighted by molar-refractivity contribution is 6.31. The number of hydrogen-bond acceptors (Lipinski definition) is 1. The van der Waals surface area contributed by atoms with Gasteiger partial charge >= 0.3 is 6.03 Å². The van der Waals surface area contributed by atoms with Gasteiger partial charge in [-0.25, -0.2) is 9.18 Å². The number of anilines is 1. The molecule has 0 unspecified atom stereocenters. The number of halogens is 3. The largest absolute Gasteiger partial charge is 0.334 e. The zero-order chi connectivity index (χ0) is 14.5. The highest BCUT2D eigenvalue weighted by Crippen LogP contribution is 2.19. The molecule has 0 spiro atoms. The van der Waals surface area contributed by atoms with E-state index < -0.39 is 11.8 Å². The molecule has 2 aromatic carbocycles. The Bertz CT molecular complexity index is 634.